The SMILES string of the molecule is CC1C(=O)N(COCC[Si](C)(C)C)N=C2COc3cc(-c4ccccc4F)c(N4CCCCC4)cc3N21. The number of halogens is 1. The van der Waals surface area contributed by atoms with Crippen LogP contribution in [0.15, 0.2) is 41.5 Å². The second-order valence-electron chi connectivity index (χ2n) is 11.3. The zero-order valence-electron chi connectivity index (χ0n) is 22.3. The van der Waals surface area contributed by atoms with E-state index >= 15 is 0 Å². The molecular weight excluding hydrogens is 487 g/mol. The van der Waals surface area contributed by atoms with E-state index in [1.807, 2.05) is 30.0 Å². The van der Waals surface area contributed by atoms with Crippen LogP contribution in [-0.2, 0) is 9.53 Å². The molecule has 1 atom stereocenters. The molecule has 0 aromatic heterocycles. The van der Waals surface area contributed by atoms with Crippen molar-refractivity contribution in [3.63, 3.8) is 0 Å². The molecule has 5 rings (SSSR count). The van der Waals surface area contributed by atoms with Gasteiger partial charge in [-0.1, -0.05) is 37.8 Å². The predicted octanol–water partition coefficient (Wildman–Crippen LogP) is 5.54. The number of ether oxygens (including phenoxy) is 2. The van der Waals surface area contributed by atoms with Gasteiger partial charge in [-0.3, -0.25) is 4.79 Å². The standard InChI is InChI=1S/C28H37FN4O3Si/c1-20-28(34)32(19-35-14-15-37(2,3)4)30-27-18-36-26-16-22(21-10-6-7-11-23(21)29)24(17-25(26)33(20)27)31-12-8-5-9-13-31/h6-7,10-11,16-17,20H,5,8-9,12-15,18-19H2,1-4H3. The van der Waals surface area contributed by atoms with Crippen molar-refractivity contribution in [1.82, 2.24) is 5.01 Å². The third kappa shape index (κ3) is 5.38. The van der Waals surface area contributed by atoms with Crippen LogP contribution in [-0.4, -0.2) is 63.9 Å². The van der Waals surface area contributed by atoms with E-state index in [1.54, 1.807) is 6.07 Å². The number of hydrogen-bond donors (Lipinski definition) is 0. The Morgan fingerprint density at radius 2 is 1.84 bits per heavy atom. The third-order valence-corrected chi connectivity index (χ3v) is 8.98. The Morgan fingerprint density at radius 1 is 1.08 bits per heavy atom. The van der Waals surface area contributed by atoms with Crippen LogP contribution in [0.2, 0.25) is 25.7 Å². The molecule has 37 heavy (non-hydrogen) atoms. The van der Waals surface area contributed by atoms with E-state index < -0.39 is 14.1 Å². The molecule has 1 unspecified atom stereocenters. The molecule has 0 N–H and O–H groups in total. The fraction of sp³-hybridized carbons (Fsp3) is 0.500. The highest BCUT2D eigenvalue weighted by molar-refractivity contribution is 6.76. The van der Waals surface area contributed by atoms with Gasteiger partial charge in [-0.25, -0.2) is 9.40 Å². The summed E-state index contributed by atoms with van der Waals surface area (Å²) in [5.74, 6) is 0.946. The Hall–Kier alpha value is -2.91. The summed E-state index contributed by atoms with van der Waals surface area (Å²) in [5.41, 5.74) is 3.13. The first-order valence-corrected chi connectivity index (χ1v) is 17.0. The summed E-state index contributed by atoms with van der Waals surface area (Å²) < 4.78 is 26.9. The summed E-state index contributed by atoms with van der Waals surface area (Å²) in [7, 11) is -1.21. The number of carbonyl (C=O) groups excluding carboxylic acids is 1. The van der Waals surface area contributed by atoms with Crippen molar-refractivity contribution < 1.29 is 18.7 Å². The summed E-state index contributed by atoms with van der Waals surface area (Å²) in [6.45, 7) is 11.6. The minimum atomic E-state index is -1.21. The van der Waals surface area contributed by atoms with Gasteiger partial charge in [0.05, 0.1) is 5.69 Å². The molecule has 198 valence electrons. The summed E-state index contributed by atoms with van der Waals surface area (Å²) >= 11 is 0. The lowest BCUT2D eigenvalue weighted by Crippen LogP contribution is -2.57. The molecule has 0 aliphatic carbocycles. The monoisotopic (exact) mass is 524 g/mol. The number of fused-ring (bicyclic) bond motifs is 3. The lowest BCUT2D eigenvalue weighted by molar-refractivity contribution is -0.138. The fourth-order valence-corrected chi connectivity index (χ4v) is 5.91. The summed E-state index contributed by atoms with van der Waals surface area (Å²) in [6.07, 6.45) is 3.40. The highest BCUT2D eigenvalue weighted by Crippen LogP contribution is 2.45. The number of amidine groups is 1. The number of hydrazone groups is 1. The lowest BCUT2D eigenvalue weighted by Gasteiger charge is -2.42. The topological polar surface area (TPSA) is 57.6 Å². The van der Waals surface area contributed by atoms with Crippen molar-refractivity contribution in [3.05, 3.63) is 42.2 Å². The van der Waals surface area contributed by atoms with E-state index in [0.29, 0.717) is 23.8 Å². The first-order valence-electron chi connectivity index (χ1n) is 13.3. The molecule has 0 radical (unpaired) electrons. The predicted molar refractivity (Wildman–Crippen MR) is 149 cm³/mol. The van der Waals surface area contributed by atoms with Crippen molar-refractivity contribution in [1.29, 1.82) is 0 Å². The molecule has 9 heteroatoms. The van der Waals surface area contributed by atoms with Crippen LogP contribution in [0.1, 0.15) is 26.2 Å². The Balaban J connectivity index is 1.48. The first kappa shape index (κ1) is 25.7. The molecule has 0 bridgehead atoms. The number of benzene rings is 2. The van der Waals surface area contributed by atoms with Crippen LogP contribution in [0.4, 0.5) is 15.8 Å². The van der Waals surface area contributed by atoms with E-state index in [2.05, 4.69) is 35.7 Å². The van der Waals surface area contributed by atoms with E-state index in [0.717, 1.165) is 48.9 Å². The van der Waals surface area contributed by atoms with E-state index in [4.69, 9.17) is 9.47 Å². The van der Waals surface area contributed by atoms with E-state index in [9.17, 15) is 9.18 Å². The maximum Gasteiger partial charge on any atom is 0.267 e. The molecule has 2 aromatic carbocycles. The minimum absolute atomic E-state index is 0.109. The molecule has 7 nitrogen and oxygen atoms in total. The maximum absolute atomic E-state index is 14.9. The second-order valence-corrected chi connectivity index (χ2v) is 16.9. The molecule has 1 fully saturated rings. The molecule has 3 aliphatic rings. The van der Waals surface area contributed by atoms with Gasteiger partial charge in [0.15, 0.2) is 5.84 Å². The van der Waals surface area contributed by atoms with Crippen LogP contribution in [0, 0.1) is 5.82 Å². The normalized spacial score (nSPS) is 19.8. The first-order chi connectivity index (χ1) is 17.7. The number of rotatable bonds is 7. The van der Waals surface area contributed by atoms with Crippen molar-refractivity contribution in [2.45, 2.75) is 57.9 Å². The van der Waals surface area contributed by atoms with E-state index in [-0.39, 0.29) is 25.1 Å². The summed E-state index contributed by atoms with van der Waals surface area (Å²) in [6, 6.07) is 11.4. The van der Waals surface area contributed by atoms with Gasteiger partial charge in [-0.15, -0.1) is 0 Å². The third-order valence-electron chi connectivity index (χ3n) is 7.28. The van der Waals surface area contributed by atoms with Gasteiger partial charge in [-0.2, -0.15) is 5.10 Å². The highest BCUT2D eigenvalue weighted by Gasteiger charge is 2.39. The number of piperidine rings is 1. The van der Waals surface area contributed by atoms with Crippen molar-refractivity contribution in [2.75, 3.05) is 42.8 Å². The molecule has 1 amide bonds. The molecule has 0 saturated carbocycles. The molecule has 3 heterocycles. The lowest BCUT2D eigenvalue weighted by atomic mass is 9.98. The highest BCUT2D eigenvalue weighted by atomic mass is 28.3. The van der Waals surface area contributed by atoms with Gasteiger partial charge in [-0.05, 0) is 50.4 Å². The van der Waals surface area contributed by atoms with Crippen molar-refractivity contribution in [2.24, 2.45) is 5.10 Å². The molecule has 1 saturated heterocycles. The molecular formula is C28H37FN4O3Si. The fourth-order valence-electron chi connectivity index (χ4n) is 5.15. The number of amides is 1. The minimum Gasteiger partial charge on any atom is -0.483 e. The zero-order chi connectivity index (χ0) is 26.2. The van der Waals surface area contributed by atoms with Gasteiger partial charge in [0.1, 0.15) is 30.9 Å². The van der Waals surface area contributed by atoms with Crippen molar-refractivity contribution >= 4 is 31.2 Å². The van der Waals surface area contributed by atoms with Crippen molar-refractivity contribution in [3.8, 4) is 16.9 Å². The number of anilines is 2. The van der Waals surface area contributed by atoms with Gasteiger partial charge in [0.2, 0.25) is 0 Å². The summed E-state index contributed by atoms with van der Waals surface area (Å²) in [5, 5.41) is 6.04. The Bertz CT molecular complexity index is 1190. The summed E-state index contributed by atoms with van der Waals surface area (Å²) in [4.78, 5) is 17.6. The van der Waals surface area contributed by atoms with Gasteiger partial charge in [0, 0.05) is 44.6 Å². The van der Waals surface area contributed by atoms with Crippen LogP contribution in [0.5, 0.6) is 5.75 Å². The molecule has 2 aromatic rings. The molecule has 0 spiro atoms. The molecule has 3 aliphatic heterocycles. The quantitative estimate of drug-likeness (QED) is 0.352. The Kier molecular flexibility index (Phi) is 7.27. The van der Waals surface area contributed by atoms with Crippen LogP contribution in [0.25, 0.3) is 11.1 Å². The number of carbonyl (C=O) groups is 1. The van der Waals surface area contributed by atoms with Crippen LogP contribution < -0.4 is 14.5 Å². The largest absolute Gasteiger partial charge is 0.483 e. The van der Waals surface area contributed by atoms with Gasteiger partial charge >= 0.3 is 0 Å². The van der Waals surface area contributed by atoms with Crippen LogP contribution >= 0.6 is 0 Å². The average molecular weight is 525 g/mol. The Labute approximate surface area is 219 Å². The smallest absolute Gasteiger partial charge is 0.267 e. The average Bonchev–Trinajstić information content (AvgIpc) is 2.88. The zero-order valence-corrected chi connectivity index (χ0v) is 23.3. The number of hydrogen-bond acceptors (Lipinski definition) is 6. The maximum atomic E-state index is 14.9. The number of nitrogens with zero attached hydrogens (tertiary/aromatic N) is 4. The Morgan fingerprint density at radius 3 is 2.57 bits per heavy atom. The second kappa shape index (κ2) is 10.5. The van der Waals surface area contributed by atoms with Crippen LogP contribution in [0.3, 0.4) is 0 Å². The van der Waals surface area contributed by atoms with E-state index in [1.165, 1.54) is 17.5 Å². The van der Waals surface area contributed by atoms with Gasteiger partial charge in [0.25, 0.3) is 5.91 Å². The van der Waals surface area contributed by atoms with Gasteiger partial charge < -0.3 is 19.3 Å².